The average Bonchev–Trinajstić information content (AvgIpc) is 3.11. The van der Waals surface area contributed by atoms with Crippen LogP contribution in [0.25, 0.3) is 0 Å². The van der Waals surface area contributed by atoms with E-state index in [-0.39, 0.29) is 13.4 Å². The zero-order valence-corrected chi connectivity index (χ0v) is 13.5. The van der Waals surface area contributed by atoms with Crippen molar-refractivity contribution in [3.05, 3.63) is 58.7 Å². The number of aliphatic hydroxyl groups is 1. The second-order valence-electron chi connectivity index (χ2n) is 5.03. The van der Waals surface area contributed by atoms with Crippen LogP contribution in [0.4, 0.5) is 0 Å². The normalized spacial score (nSPS) is 11.0. The number of hydrogen-bond donors (Lipinski definition) is 1. The number of esters is 1. The fourth-order valence-electron chi connectivity index (χ4n) is 2.23. The van der Waals surface area contributed by atoms with Gasteiger partial charge >= 0.3 is 5.97 Å². The third-order valence-electron chi connectivity index (χ3n) is 3.46. The van der Waals surface area contributed by atoms with Gasteiger partial charge in [-0.25, -0.2) is 4.79 Å². The van der Waals surface area contributed by atoms with Gasteiger partial charge in [-0.1, -0.05) is 23.7 Å². The first-order valence-corrected chi connectivity index (χ1v) is 7.45. The molecule has 0 spiro atoms. The Labute approximate surface area is 145 Å². The second kappa shape index (κ2) is 7.44. The van der Waals surface area contributed by atoms with E-state index < -0.39 is 5.97 Å². The zero-order valence-electron chi connectivity index (χ0n) is 13.5. The number of benzene rings is 2. The fraction of sp³-hybridized carbons (Fsp3) is 0.150. The standard InChI is InChI=1S/C20H14O5/c1-23-20(22)15-7-4-14(5-8-15)6-9-17-12-19-18(24-13-25-19)11-16(17)3-2-10-21/h4-5,7-8,11-12,21H,10,13H2,1H3. The molecule has 25 heavy (non-hydrogen) atoms. The largest absolute Gasteiger partial charge is 0.465 e. The molecule has 1 aliphatic heterocycles. The van der Waals surface area contributed by atoms with Crippen LogP contribution >= 0.6 is 0 Å². The number of fused-ring (bicyclic) bond motifs is 1. The molecule has 2 aromatic rings. The first-order chi connectivity index (χ1) is 12.2. The van der Waals surface area contributed by atoms with Gasteiger partial charge in [-0.2, -0.15) is 0 Å². The summed E-state index contributed by atoms with van der Waals surface area (Å²) in [6, 6.07) is 10.3. The van der Waals surface area contributed by atoms with Crippen LogP contribution in [0.5, 0.6) is 11.5 Å². The van der Waals surface area contributed by atoms with Gasteiger partial charge in [0.25, 0.3) is 0 Å². The summed E-state index contributed by atoms with van der Waals surface area (Å²) in [6.45, 7) is -0.0790. The quantitative estimate of drug-likeness (QED) is 0.638. The van der Waals surface area contributed by atoms with Crippen molar-refractivity contribution in [1.82, 2.24) is 0 Å². The first kappa shape index (κ1) is 16.4. The average molecular weight is 334 g/mol. The summed E-state index contributed by atoms with van der Waals surface area (Å²) in [7, 11) is 1.34. The second-order valence-corrected chi connectivity index (χ2v) is 5.03. The van der Waals surface area contributed by atoms with Gasteiger partial charge in [-0.05, 0) is 24.3 Å². The molecule has 124 valence electrons. The molecule has 3 rings (SSSR count). The van der Waals surface area contributed by atoms with Crippen LogP contribution in [0.3, 0.4) is 0 Å². The minimum absolute atomic E-state index is 0.161. The van der Waals surface area contributed by atoms with Crippen molar-refractivity contribution in [2.45, 2.75) is 0 Å². The van der Waals surface area contributed by atoms with Crippen LogP contribution < -0.4 is 9.47 Å². The molecule has 0 amide bonds. The van der Waals surface area contributed by atoms with Gasteiger partial charge in [0.15, 0.2) is 11.5 Å². The summed E-state index contributed by atoms with van der Waals surface area (Å²) in [5, 5.41) is 8.91. The molecular formula is C20H14O5. The van der Waals surface area contributed by atoms with E-state index in [1.54, 1.807) is 36.4 Å². The molecule has 0 aromatic heterocycles. The van der Waals surface area contributed by atoms with E-state index in [4.69, 9.17) is 14.6 Å². The van der Waals surface area contributed by atoms with E-state index in [2.05, 4.69) is 28.4 Å². The molecule has 0 bridgehead atoms. The lowest BCUT2D eigenvalue weighted by molar-refractivity contribution is 0.0600. The number of rotatable bonds is 1. The summed E-state index contributed by atoms with van der Waals surface area (Å²) < 4.78 is 15.4. The van der Waals surface area contributed by atoms with Gasteiger partial charge in [0, 0.05) is 28.8 Å². The maximum absolute atomic E-state index is 11.4. The van der Waals surface area contributed by atoms with Crippen LogP contribution in [-0.4, -0.2) is 31.6 Å². The number of aliphatic hydroxyl groups excluding tert-OH is 1. The van der Waals surface area contributed by atoms with Crippen LogP contribution in [0.15, 0.2) is 36.4 Å². The first-order valence-electron chi connectivity index (χ1n) is 7.45. The van der Waals surface area contributed by atoms with Gasteiger partial charge in [0.05, 0.1) is 12.7 Å². The molecule has 0 atom stereocenters. The van der Waals surface area contributed by atoms with Gasteiger partial charge in [0.2, 0.25) is 6.79 Å². The van der Waals surface area contributed by atoms with Crippen molar-refractivity contribution < 1.29 is 24.1 Å². The highest BCUT2D eigenvalue weighted by Crippen LogP contribution is 2.34. The topological polar surface area (TPSA) is 65.0 Å². The Balaban J connectivity index is 1.93. The highest BCUT2D eigenvalue weighted by molar-refractivity contribution is 5.89. The third kappa shape index (κ3) is 3.74. The van der Waals surface area contributed by atoms with E-state index in [1.807, 2.05) is 0 Å². The van der Waals surface area contributed by atoms with Crippen molar-refractivity contribution >= 4 is 5.97 Å². The highest BCUT2D eigenvalue weighted by atomic mass is 16.7. The van der Waals surface area contributed by atoms with E-state index in [1.165, 1.54) is 7.11 Å². The fourth-order valence-corrected chi connectivity index (χ4v) is 2.23. The molecule has 0 fully saturated rings. The maximum atomic E-state index is 11.4. The lowest BCUT2D eigenvalue weighted by atomic mass is 10.1. The monoisotopic (exact) mass is 334 g/mol. The molecule has 0 aliphatic carbocycles. The van der Waals surface area contributed by atoms with E-state index in [0.717, 1.165) is 5.56 Å². The van der Waals surface area contributed by atoms with Crippen LogP contribution in [0.2, 0.25) is 0 Å². The molecule has 0 unspecified atom stereocenters. The van der Waals surface area contributed by atoms with Gasteiger partial charge < -0.3 is 19.3 Å². The Hall–Kier alpha value is -3.41. The minimum Gasteiger partial charge on any atom is -0.465 e. The van der Waals surface area contributed by atoms with E-state index in [9.17, 15) is 4.79 Å². The number of ether oxygens (including phenoxy) is 3. The Morgan fingerprint density at radius 3 is 2.32 bits per heavy atom. The maximum Gasteiger partial charge on any atom is 0.337 e. The molecule has 1 aliphatic rings. The Morgan fingerprint density at radius 2 is 1.72 bits per heavy atom. The van der Waals surface area contributed by atoms with Crippen LogP contribution in [0, 0.1) is 23.7 Å². The summed E-state index contributed by atoms with van der Waals surface area (Å²) in [6.07, 6.45) is 0. The molecular weight excluding hydrogens is 320 g/mol. The smallest absolute Gasteiger partial charge is 0.337 e. The molecule has 0 radical (unpaired) electrons. The number of carbonyl (C=O) groups excluding carboxylic acids is 1. The lowest BCUT2D eigenvalue weighted by Gasteiger charge is -2.01. The molecule has 2 aromatic carbocycles. The molecule has 5 nitrogen and oxygen atoms in total. The predicted octanol–water partition coefficient (Wildman–Crippen LogP) is 1.95. The summed E-state index contributed by atoms with van der Waals surface area (Å²) >= 11 is 0. The molecule has 0 saturated heterocycles. The van der Waals surface area contributed by atoms with Crippen molar-refractivity contribution in [2.24, 2.45) is 0 Å². The van der Waals surface area contributed by atoms with Crippen molar-refractivity contribution in [1.29, 1.82) is 0 Å². The molecule has 1 N–H and O–H groups in total. The Bertz CT molecular complexity index is 921. The SMILES string of the molecule is COC(=O)c1ccc(C#Cc2cc3c(cc2C#CCO)OCO3)cc1. The van der Waals surface area contributed by atoms with E-state index >= 15 is 0 Å². The van der Waals surface area contributed by atoms with Crippen molar-refractivity contribution in [3.8, 4) is 35.2 Å². The number of hydrogen-bond acceptors (Lipinski definition) is 5. The summed E-state index contributed by atoms with van der Waals surface area (Å²) in [4.78, 5) is 11.4. The third-order valence-corrected chi connectivity index (χ3v) is 3.46. The Morgan fingerprint density at radius 1 is 1.08 bits per heavy atom. The van der Waals surface area contributed by atoms with Crippen LogP contribution in [0.1, 0.15) is 27.0 Å². The molecule has 0 saturated carbocycles. The van der Waals surface area contributed by atoms with Crippen molar-refractivity contribution in [2.75, 3.05) is 20.5 Å². The van der Waals surface area contributed by atoms with E-state index in [0.29, 0.717) is 28.2 Å². The van der Waals surface area contributed by atoms with Gasteiger partial charge in [0.1, 0.15) is 6.61 Å². The van der Waals surface area contributed by atoms with Crippen LogP contribution in [-0.2, 0) is 4.74 Å². The highest BCUT2D eigenvalue weighted by Gasteiger charge is 2.15. The van der Waals surface area contributed by atoms with Gasteiger partial charge in [-0.15, -0.1) is 0 Å². The predicted molar refractivity (Wildman–Crippen MR) is 90.3 cm³/mol. The van der Waals surface area contributed by atoms with Crippen molar-refractivity contribution in [3.63, 3.8) is 0 Å². The number of carbonyl (C=O) groups is 1. The zero-order chi connectivity index (χ0) is 17.6. The summed E-state index contributed by atoms with van der Waals surface area (Å²) in [5.74, 6) is 12.4. The molecule has 1 heterocycles. The Kier molecular flexibility index (Phi) is 4.89. The minimum atomic E-state index is -0.392. The lowest BCUT2D eigenvalue weighted by Crippen LogP contribution is -2.00. The molecule has 5 heteroatoms. The van der Waals surface area contributed by atoms with Gasteiger partial charge in [-0.3, -0.25) is 0 Å². The summed E-state index contributed by atoms with van der Waals surface area (Å²) in [5.41, 5.74) is 2.52. The number of methoxy groups -OCH3 is 1.